The molecule has 0 spiro atoms. The van der Waals surface area contributed by atoms with Gasteiger partial charge in [-0.15, -0.1) is 0 Å². The third-order valence-corrected chi connectivity index (χ3v) is 11.7. The normalized spacial score (nSPS) is 12.1. The molecular weight excluding hydrogens is 689 g/mol. The molecule has 0 aliphatic carbocycles. The van der Waals surface area contributed by atoms with Crippen LogP contribution in [-0.2, 0) is 5.41 Å². The van der Waals surface area contributed by atoms with E-state index in [0.29, 0.717) is 17.8 Å². The molecule has 0 radical (unpaired) electrons. The molecule has 0 saturated heterocycles. The quantitative estimate of drug-likeness (QED) is 0.136. The molecule has 8 aromatic carbocycles. The van der Waals surface area contributed by atoms with E-state index in [1.54, 1.807) is 0 Å². The summed E-state index contributed by atoms with van der Waals surface area (Å²) < 4.78 is 0. The first kappa shape index (κ1) is 38.0. The Morgan fingerprint density at radius 1 is 0.333 bits per heavy atom. The van der Waals surface area contributed by atoms with Crippen LogP contribution in [0.3, 0.4) is 0 Å². The Kier molecular flexibility index (Phi) is 10.2. The Balaban J connectivity index is 1.51. The Morgan fingerprint density at radius 2 is 0.702 bits per heavy atom. The molecule has 0 unspecified atom stereocenters. The van der Waals surface area contributed by atoms with Gasteiger partial charge in [-0.05, 0) is 140 Å². The molecule has 2 heteroatoms. The lowest BCUT2D eigenvalue weighted by molar-refractivity contribution is 0.591. The SMILES string of the molecule is CC(C)c1ccc(N(c2ccccc2)c2cc3c4ccc(C(C)(C)C)cc4c(N(c4ccccc4)c4ccc(C(C)C)cc4)cc3c3ccc(C(C)C)cc23)cc1. The van der Waals surface area contributed by atoms with Gasteiger partial charge in [0.1, 0.15) is 0 Å². The third-order valence-electron chi connectivity index (χ3n) is 11.7. The number of benzene rings is 8. The maximum atomic E-state index is 2.47. The van der Waals surface area contributed by atoms with Crippen molar-refractivity contribution in [2.24, 2.45) is 0 Å². The van der Waals surface area contributed by atoms with Crippen LogP contribution in [0.1, 0.15) is 102 Å². The van der Waals surface area contributed by atoms with Gasteiger partial charge in [0.15, 0.2) is 0 Å². The highest BCUT2D eigenvalue weighted by atomic mass is 15.1. The van der Waals surface area contributed by atoms with Gasteiger partial charge in [-0.2, -0.15) is 0 Å². The summed E-state index contributed by atoms with van der Waals surface area (Å²) >= 11 is 0. The molecule has 0 aromatic heterocycles. The molecule has 286 valence electrons. The number of hydrogen-bond donors (Lipinski definition) is 0. The van der Waals surface area contributed by atoms with E-state index in [9.17, 15) is 0 Å². The van der Waals surface area contributed by atoms with Crippen LogP contribution >= 0.6 is 0 Å². The topological polar surface area (TPSA) is 6.48 Å². The highest BCUT2D eigenvalue weighted by molar-refractivity contribution is 6.24. The minimum Gasteiger partial charge on any atom is -0.310 e. The lowest BCUT2D eigenvalue weighted by Crippen LogP contribution is -2.13. The van der Waals surface area contributed by atoms with Crippen LogP contribution in [-0.4, -0.2) is 0 Å². The molecule has 0 saturated carbocycles. The lowest BCUT2D eigenvalue weighted by Gasteiger charge is -2.31. The molecule has 2 nitrogen and oxygen atoms in total. The van der Waals surface area contributed by atoms with E-state index in [0.717, 1.165) is 22.7 Å². The molecule has 8 rings (SSSR count). The Hall–Kier alpha value is -5.86. The highest BCUT2D eigenvalue weighted by Gasteiger charge is 2.24. The largest absolute Gasteiger partial charge is 0.310 e. The minimum absolute atomic E-state index is 0.0229. The second kappa shape index (κ2) is 15.2. The summed E-state index contributed by atoms with van der Waals surface area (Å²) in [7, 11) is 0. The predicted octanol–water partition coefficient (Wildman–Crippen LogP) is 16.8. The van der Waals surface area contributed by atoms with E-state index in [2.05, 4.69) is 230 Å². The van der Waals surface area contributed by atoms with Crippen LogP contribution in [0.25, 0.3) is 32.3 Å². The summed E-state index contributed by atoms with van der Waals surface area (Å²) in [5, 5.41) is 7.47. The highest BCUT2D eigenvalue weighted by Crippen LogP contribution is 2.49. The van der Waals surface area contributed by atoms with Crippen LogP contribution in [0.2, 0.25) is 0 Å². The molecule has 0 atom stereocenters. The first-order valence-corrected chi connectivity index (χ1v) is 20.8. The van der Waals surface area contributed by atoms with Crippen molar-refractivity contribution in [2.75, 3.05) is 9.80 Å². The zero-order chi connectivity index (χ0) is 40.0. The molecule has 8 aromatic rings. The van der Waals surface area contributed by atoms with Gasteiger partial charge in [0.2, 0.25) is 0 Å². The molecule has 0 fully saturated rings. The molecule has 0 aliphatic rings. The third kappa shape index (κ3) is 7.30. The van der Waals surface area contributed by atoms with Gasteiger partial charge >= 0.3 is 0 Å². The number of rotatable bonds is 9. The molecule has 0 bridgehead atoms. The van der Waals surface area contributed by atoms with Crippen molar-refractivity contribution in [1.82, 2.24) is 0 Å². The van der Waals surface area contributed by atoms with Gasteiger partial charge in [0.05, 0.1) is 11.4 Å². The van der Waals surface area contributed by atoms with Crippen LogP contribution in [0.4, 0.5) is 34.1 Å². The monoisotopic (exact) mass is 744 g/mol. The summed E-state index contributed by atoms with van der Waals surface area (Å²) in [6.07, 6.45) is 0. The number of hydrogen-bond acceptors (Lipinski definition) is 2. The van der Waals surface area contributed by atoms with Gasteiger partial charge in [0.25, 0.3) is 0 Å². The van der Waals surface area contributed by atoms with Gasteiger partial charge in [-0.3, -0.25) is 0 Å². The molecule has 0 amide bonds. The fraction of sp³-hybridized carbons (Fsp3) is 0.236. The summed E-state index contributed by atoms with van der Waals surface area (Å²) in [6, 6.07) is 59.4. The first-order valence-electron chi connectivity index (χ1n) is 20.8. The van der Waals surface area contributed by atoms with Crippen molar-refractivity contribution in [1.29, 1.82) is 0 Å². The second-order valence-corrected chi connectivity index (χ2v) is 17.7. The predicted molar refractivity (Wildman–Crippen MR) is 249 cm³/mol. The van der Waals surface area contributed by atoms with Crippen LogP contribution in [0, 0.1) is 0 Å². The zero-order valence-electron chi connectivity index (χ0n) is 35.1. The zero-order valence-corrected chi connectivity index (χ0v) is 35.1. The van der Waals surface area contributed by atoms with Gasteiger partial charge in [-0.25, -0.2) is 0 Å². The summed E-state index contributed by atoms with van der Waals surface area (Å²) in [6.45, 7) is 20.6. The smallest absolute Gasteiger partial charge is 0.0546 e. The first-order chi connectivity index (χ1) is 27.4. The molecule has 0 N–H and O–H groups in total. The van der Waals surface area contributed by atoms with Gasteiger partial charge in [0, 0.05) is 33.5 Å². The maximum absolute atomic E-state index is 2.47. The van der Waals surface area contributed by atoms with E-state index in [1.165, 1.54) is 65.9 Å². The summed E-state index contributed by atoms with van der Waals surface area (Å²) in [5.41, 5.74) is 12.2. The Labute approximate surface area is 340 Å². The van der Waals surface area contributed by atoms with Crippen molar-refractivity contribution in [3.05, 3.63) is 180 Å². The fourth-order valence-corrected chi connectivity index (χ4v) is 8.25. The number of anilines is 6. The number of para-hydroxylation sites is 2. The van der Waals surface area contributed by atoms with E-state index in [4.69, 9.17) is 0 Å². The van der Waals surface area contributed by atoms with Crippen LogP contribution in [0.15, 0.2) is 158 Å². The number of fused-ring (bicyclic) bond motifs is 5. The van der Waals surface area contributed by atoms with Crippen LogP contribution in [0.5, 0.6) is 0 Å². The summed E-state index contributed by atoms with van der Waals surface area (Å²) in [4.78, 5) is 4.93. The minimum atomic E-state index is -0.0229. The maximum Gasteiger partial charge on any atom is 0.0546 e. The van der Waals surface area contributed by atoms with Crippen molar-refractivity contribution in [3.8, 4) is 0 Å². The standard InChI is InChI=1S/C55H56N2/c1-36(2)39-20-26-45(27-21-39)56(43-16-12-10-13-17-43)53-34-50-48-31-25-42(55(7,8)9)33-52(48)54(35-49(50)47-30-24-41(38(5)6)32-51(47)53)57(44-18-14-11-15-19-44)46-28-22-40(23-29-46)37(3)4/h10-38H,1-9H3. The Morgan fingerprint density at radius 3 is 1.11 bits per heavy atom. The average Bonchev–Trinajstić information content (AvgIpc) is 3.21. The lowest BCUT2D eigenvalue weighted by atomic mass is 9.84. The van der Waals surface area contributed by atoms with Crippen molar-refractivity contribution >= 4 is 66.4 Å². The molecule has 0 heterocycles. The second-order valence-electron chi connectivity index (χ2n) is 17.7. The van der Waals surface area contributed by atoms with E-state index < -0.39 is 0 Å². The van der Waals surface area contributed by atoms with Crippen LogP contribution < -0.4 is 9.80 Å². The van der Waals surface area contributed by atoms with Crippen molar-refractivity contribution in [2.45, 2.75) is 85.5 Å². The van der Waals surface area contributed by atoms with E-state index in [1.807, 2.05) is 0 Å². The average molecular weight is 745 g/mol. The Bertz CT molecular complexity index is 2660. The van der Waals surface area contributed by atoms with Crippen molar-refractivity contribution in [3.63, 3.8) is 0 Å². The molecule has 57 heavy (non-hydrogen) atoms. The number of nitrogens with zero attached hydrogens (tertiary/aromatic N) is 2. The molecular formula is C55H56N2. The van der Waals surface area contributed by atoms with E-state index >= 15 is 0 Å². The summed E-state index contributed by atoms with van der Waals surface area (Å²) in [5.74, 6) is 1.31. The fourth-order valence-electron chi connectivity index (χ4n) is 8.25. The molecule has 0 aliphatic heterocycles. The van der Waals surface area contributed by atoms with E-state index in [-0.39, 0.29) is 5.41 Å². The van der Waals surface area contributed by atoms with Gasteiger partial charge in [-0.1, -0.05) is 147 Å². The van der Waals surface area contributed by atoms with Crippen molar-refractivity contribution < 1.29 is 0 Å². The van der Waals surface area contributed by atoms with Gasteiger partial charge < -0.3 is 9.80 Å².